The minimum absolute atomic E-state index is 0.213. The zero-order valence-corrected chi connectivity index (χ0v) is 10.2. The standard InChI is InChI=1S/C10H13N3O3S/c1-6-8(17-5-12-6)2-11-10(16)13-3-7(4-13)9(14)15/h5,7H,2-4H2,1H3,(H,11,16)(H,14,15). The maximum atomic E-state index is 11.6. The fourth-order valence-corrected chi connectivity index (χ4v) is 2.28. The first kappa shape index (κ1) is 11.8. The van der Waals surface area contributed by atoms with Gasteiger partial charge in [-0.3, -0.25) is 4.79 Å². The van der Waals surface area contributed by atoms with Gasteiger partial charge in [0.15, 0.2) is 0 Å². The van der Waals surface area contributed by atoms with Gasteiger partial charge in [0.25, 0.3) is 0 Å². The van der Waals surface area contributed by atoms with Gasteiger partial charge in [-0.1, -0.05) is 0 Å². The average Bonchev–Trinajstić information content (AvgIpc) is 2.58. The molecule has 0 aromatic carbocycles. The van der Waals surface area contributed by atoms with E-state index in [1.54, 1.807) is 5.51 Å². The topological polar surface area (TPSA) is 82.5 Å². The van der Waals surface area contributed by atoms with Gasteiger partial charge in [0, 0.05) is 18.0 Å². The van der Waals surface area contributed by atoms with Crippen LogP contribution in [0.4, 0.5) is 4.79 Å². The Kier molecular flexibility index (Phi) is 3.28. The highest BCUT2D eigenvalue weighted by atomic mass is 32.1. The van der Waals surface area contributed by atoms with E-state index < -0.39 is 11.9 Å². The summed E-state index contributed by atoms with van der Waals surface area (Å²) in [5.41, 5.74) is 2.66. The molecule has 1 saturated heterocycles. The fourth-order valence-electron chi connectivity index (χ4n) is 1.56. The Balaban J connectivity index is 1.76. The molecular weight excluding hydrogens is 242 g/mol. The normalized spacial score (nSPS) is 15.5. The second-order valence-electron chi connectivity index (χ2n) is 3.96. The Labute approximate surface area is 102 Å². The van der Waals surface area contributed by atoms with Gasteiger partial charge in [0.05, 0.1) is 23.7 Å². The number of carboxylic acids is 1. The van der Waals surface area contributed by atoms with Crippen molar-refractivity contribution in [2.45, 2.75) is 13.5 Å². The Morgan fingerprint density at radius 1 is 1.65 bits per heavy atom. The number of carbonyl (C=O) groups excluding carboxylic acids is 1. The van der Waals surface area contributed by atoms with Gasteiger partial charge in [-0.05, 0) is 6.92 Å². The fraction of sp³-hybridized carbons (Fsp3) is 0.500. The molecule has 2 rings (SSSR count). The predicted molar refractivity (Wildman–Crippen MR) is 61.8 cm³/mol. The van der Waals surface area contributed by atoms with Crippen LogP contribution in [0.15, 0.2) is 5.51 Å². The Morgan fingerprint density at radius 3 is 2.88 bits per heavy atom. The van der Waals surface area contributed by atoms with Gasteiger partial charge in [0.1, 0.15) is 0 Å². The van der Waals surface area contributed by atoms with Gasteiger partial charge in [-0.15, -0.1) is 11.3 Å². The van der Waals surface area contributed by atoms with Gasteiger partial charge < -0.3 is 15.3 Å². The van der Waals surface area contributed by atoms with Crippen molar-refractivity contribution in [1.29, 1.82) is 0 Å². The van der Waals surface area contributed by atoms with Crippen LogP contribution in [0, 0.1) is 12.8 Å². The van der Waals surface area contributed by atoms with Crippen LogP contribution >= 0.6 is 11.3 Å². The molecule has 7 heteroatoms. The monoisotopic (exact) mass is 255 g/mol. The number of thiazole rings is 1. The molecule has 92 valence electrons. The van der Waals surface area contributed by atoms with Crippen molar-refractivity contribution in [1.82, 2.24) is 15.2 Å². The second kappa shape index (κ2) is 4.70. The van der Waals surface area contributed by atoms with E-state index >= 15 is 0 Å². The predicted octanol–water partition coefficient (Wildman–Crippen LogP) is 0.678. The molecule has 17 heavy (non-hydrogen) atoms. The molecule has 1 aliphatic heterocycles. The van der Waals surface area contributed by atoms with Crippen molar-refractivity contribution < 1.29 is 14.7 Å². The molecule has 2 heterocycles. The number of likely N-dealkylation sites (tertiary alicyclic amines) is 1. The van der Waals surface area contributed by atoms with E-state index in [1.807, 2.05) is 6.92 Å². The number of carbonyl (C=O) groups is 2. The Bertz CT molecular complexity index is 440. The van der Waals surface area contributed by atoms with Crippen LogP contribution in [0.2, 0.25) is 0 Å². The van der Waals surface area contributed by atoms with Crippen LogP contribution in [-0.2, 0) is 11.3 Å². The lowest BCUT2D eigenvalue weighted by Gasteiger charge is -2.36. The molecule has 1 aromatic heterocycles. The van der Waals surface area contributed by atoms with E-state index in [0.29, 0.717) is 19.6 Å². The van der Waals surface area contributed by atoms with E-state index in [-0.39, 0.29) is 6.03 Å². The van der Waals surface area contributed by atoms with Crippen molar-refractivity contribution in [2.75, 3.05) is 13.1 Å². The van der Waals surface area contributed by atoms with Crippen LogP contribution in [0.3, 0.4) is 0 Å². The SMILES string of the molecule is Cc1ncsc1CNC(=O)N1CC(C(=O)O)C1. The van der Waals surface area contributed by atoms with Crippen LogP contribution < -0.4 is 5.32 Å². The van der Waals surface area contributed by atoms with Gasteiger partial charge in [-0.25, -0.2) is 9.78 Å². The molecule has 0 spiro atoms. The van der Waals surface area contributed by atoms with Crippen LogP contribution in [0.1, 0.15) is 10.6 Å². The van der Waals surface area contributed by atoms with E-state index in [0.717, 1.165) is 10.6 Å². The summed E-state index contributed by atoms with van der Waals surface area (Å²) >= 11 is 1.50. The number of hydrogen-bond acceptors (Lipinski definition) is 4. The molecule has 0 unspecified atom stereocenters. The molecule has 0 saturated carbocycles. The Hall–Kier alpha value is -1.63. The molecule has 0 aliphatic carbocycles. The zero-order valence-electron chi connectivity index (χ0n) is 9.34. The van der Waals surface area contributed by atoms with Crippen molar-refractivity contribution in [3.63, 3.8) is 0 Å². The largest absolute Gasteiger partial charge is 0.481 e. The van der Waals surface area contributed by atoms with Crippen LogP contribution in [-0.4, -0.2) is 40.1 Å². The van der Waals surface area contributed by atoms with Gasteiger partial charge in [-0.2, -0.15) is 0 Å². The number of carboxylic acid groups (broad SMARTS) is 1. The Morgan fingerprint density at radius 2 is 2.35 bits per heavy atom. The molecule has 6 nitrogen and oxygen atoms in total. The summed E-state index contributed by atoms with van der Waals surface area (Å²) in [5.74, 6) is -1.25. The molecule has 2 N–H and O–H groups in total. The van der Waals surface area contributed by atoms with E-state index in [9.17, 15) is 9.59 Å². The molecule has 1 aromatic rings. The molecular formula is C10H13N3O3S. The third kappa shape index (κ3) is 2.55. The summed E-state index contributed by atoms with van der Waals surface area (Å²) in [5, 5.41) is 11.4. The number of aryl methyl sites for hydroxylation is 1. The minimum atomic E-state index is -0.840. The quantitative estimate of drug-likeness (QED) is 0.832. The first-order valence-electron chi connectivity index (χ1n) is 5.22. The number of nitrogens with zero attached hydrogens (tertiary/aromatic N) is 2. The average molecular weight is 255 g/mol. The second-order valence-corrected chi connectivity index (χ2v) is 4.90. The van der Waals surface area contributed by atoms with Crippen LogP contribution in [0.5, 0.6) is 0 Å². The number of urea groups is 1. The number of aromatic nitrogens is 1. The van der Waals surface area contributed by atoms with E-state index in [4.69, 9.17) is 5.11 Å². The highest BCUT2D eigenvalue weighted by Gasteiger charge is 2.35. The number of aliphatic carboxylic acids is 1. The minimum Gasteiger partial charge on any atom is -0.481 e. The summed E-state index contributed by atoms with van der Waals surface area (Å²) < 4.78 is 0. The summed E-state index contributed by atoms with van der Waals surface area (Å²) in [4.78, 5) is 28.8. The highest BCUT2D eigenvalue weighted by molar-refractivity contribution is 7.09. The summed E-state index contributed by atoms with van der Waals surface area (Å²) in [6.07, 6.45) is 0. The number of hydrogen-bond donors (Lipinski definition) is 2. The zero-order chi connectivity index (χ0) is 12.4. The third-order valence-electron chi connectivity index (χ3n) is 2.76. The lowest BCUT2D eigenvalue weighted by Crippen LogP contribution is -2.56. The number of amides is 2. The molecule has 0 radical (unpaired) electrons. The van der Waals surface area contributed by atoms with E-state index in [2.05, 4.69) is 10.3 Å². The van der Waals surface area contributed by atoms with Crippen molar-refractivity contribution in [2.24, 2.45) is 5.92 Å². The molecule has 0 bridgehead atoms. The molecule has 1 aliphatic rings. The highest BCUT2D eigenvalue weighted by Crippen LogP contribution is 2.16. The number of rotatable bonds is 3. The van der Waals surface area contributed by atoms with Crippen molar-refractivity contribution in [3.8, 4) is 0 Å². The summed E-state index contributed by atoms with van der Waals surface area (Å²) in [6.45, 7) is 2.93. The molecule has 1 fully saturated rings. The maximum absolute atomic E-state index is 11.6. The first-order chi connectivity index (χ1) is 8.08. The van der Waals surface area contributed by atoms with Crippen molar-refractivity contribution in [3.05, 3.63) is 16.1 Å². The first-order valence-corrected chi connectivity index (χ1v) is 6.10. The lowest BCUT2D eigenvalue weighted by molar-refractivity contribution is -0.146. The van der Waals surface area contributed by atoms with Gasteiger partial charge >= 0.3 is 12.0 Å². The molecule has 0 atom stereocenters. The van der Waals surface area contributed by atoms with Crippen LogP contribution in [0.25, 0.3) is 0 Å². The summed E-state index contributed by atoms with van der Waals surface area (Å²) in [6, 6.07) is -0.213. The summed E-state index contributed by atoms with van der Waals surface area (Å²) in [7, 11) is 0. The third-order valence-corrected chi connectivity index (χ3v) is 3.70. The smallest absolute Gasteiger partial charge is 0.317 e. The van der Waals surface area contributed by atoms with Crippen molar-refractivity contribution >= 4 is 23.3 Å². The van der Waals surface area contributed by atoms with E-state index in [1.165, 1.54) is 16.2 Å². The van der Waals surface area contributed by atoms with Gasteiger partial charge in [0.2, 0.25) is 0 Å². The lowest BCUT2D eigenvalue weighted by atomic mass is 10.0. The number of nitrogens with one attached hydrogen (secondary N) is 1. The molecule has 2 amide bonds. The maximum Gasteiger partial charge on any atom is 0.317 e.